The molecule has 1 N–H and O–H groups in total. The Bertz CT molecular complexity index is 1050. The van der Waals surface area contributed by atoms with Crippen molar-refractivity contribution in [2.24, 2.45) is 14.1 Å². The van der Waals surface area contributed by atoms with E-state index in [0.717, 1.165) is 12.1 Å². The topological polar surface area (TPSA) is 56.0 Å². The zero-order valence-corrected chi connectivity index (χ0v) is 13.4. The minimum atomic E-state index is -1.64. The molecule has 25 heavy (non-hydrogen) atoms. The van der Waals surface area contributed by atoms with Crippen LogP contribution in [0.25, 0.3) is 11.0 Å². The minimum Gasteiger partial charge on any atom is -0.323 e. The van der Waals surface area contributed by atoms with Gasteiger partial charge in [0.1, 0.15) is 0 Å². The van der Waals surface area contributed by atoms with E-state index in [-0.39, 0.29) is 12.1 Å². The standard InChI is InChI=1S/C17H14F3N3O2/c1-22-12-6-3-9(7-13(12)23(2)17(22)25)8-14(24)21-11-5-4-10(18)15(19)16(11)20/h3-7H,8H2,1-2H3,(H,21,24). The third-order valence-electron chi connectivity index (χ3n) is 4.01. The largest absolute Gasteiger partial charge is 0.328 e. The van der Waals surface area contributed by atoms with E-state index >= 15 is 0 Å². The average Bonchev–Trinajstić information content (AvgIpc) is 2.80. The number of carbonyl (C=O) groups is 1. The molecule has 0 fully saturated rings. The molecule has 1 aromatic heterocycles. The summed E-state index contributed by atoms with van der Waals surface area (Å²) in [5.41, 5.74) is 1.33. The molecule has 1 heterocycles. The Kier molecular flexibility index (Phi) is 4.12. The summed E-state index contributed by atoms with van der Waals surface area (Å²) in [4.78, 5) is 24.0. The van der Waals surface area contributed by atoms with Crippen LogP contribution in [0, 0.1) is 17.5 Å². The molecular weight excluding hydrogens is 335 g/mol. The molecular formula is C17H14F3N3O2. The van der Waals surface area contributed by atoms with Gasteiger partial charge in [-0.2, -0.15) is 0 Å². The van der Waals surface area contributed by atoms with E-state index in [0.29, 0.717) is 16.6 Å². The Hall–Kier alpha value is -3.03. The van der Waals surface area contributed by atoms with Crippen LogP contribution in [0.1, 0.15) is 5.56 Å². The third kappa shape index (κ3) is 2.90. The molecule has 0 unspecified atom stereocenters. The van der Waals surface area contributed by atoms with Crippen LogP contribution >= 0.6 is 0 Å². The Morgan fingerprint density at radius 3 is 2.40 bits per heavy atom. The first-order valence-corrected chi connectivity index (χ1v) is 7.37. The maximum absolute atomic E-state index is 13.6. The number of carbonyl (C=O) groups excluding carboxylic acids is 1. The van der Waals surface area contributed by atoms with Crippen LogP contribution in [0.3, 0.4) is 0 Å². The van der Waals surface area contributed by atoms with E-state index in [2.05, 4.69) is 5.32 Å². The molecule has 0 bridgehead atoms. The number of benzene rings is 2. The fraction of sp³-hybridized carbons (Fsp3) is 0.176. The number of rotatable bonds is 3. The molecule has 2 aromatic carbocycles. The first-order valence-electron chi connectivity index (χ1n) is 7.37. The quantitative estimate of drug-likeness (QED) is 0.739. The van der Waals surface area contributed by atoms with Crippen LogP contribution in [-0.2, 0) is 25.3 Å². The van der Waals surface area contributed by atoms with Gasteiger partial charge in [0.2, 0.25) is 5.91 Å². The normalized spacial score (nSPS) is 11.1. The monoisotopic (exact) mass is 349 g/mol. The Morgan fingerprint density at radius 1 is 1.00 bits per heavy atom. The fourth-order valence-corrected chi connectivity index (χ4v) is 2.66. The van der Waals surface area contributed by atoms with Gasteiger partial charge in [0.15, 0.2) is 17.5 Å². The molecule has 8 heteroatoms. The number of imidazole rings is 1. The lowest BCUT2D eigenvalue weighted by Crippen LogP contribution is -2.19. The number of hydrogen-bond donors (Lipinski definition) is 1. The lowest BCUT2D eigenvalue weighted by molar-refractivity contribution is -0.115. The van der Waals surface area contributed by atoms with E-state index in [9.17, 15) is 22.8 Å². The Morgan fingerprint density at radius 2 is 1.68 bits per heavy atom. The number of halogens is 3. The zero-order chi connectivity index (χ0) is 18.3. The van der Waals surface area contributed by atoms with Crippen molar-refractivity contribution in [1.82, 2.24) is 9.13 Å². The van der Waals surface area contributed by atoms with Gasteiger partial charge in [-0.1, -0.05) is 6.07 Å². The first-order chi connectivity index (χ1) is 11.8. The van der Waals surface area contributed by atoms with Gasteiger partial charge in [0.25, 0.3) is 0 Å². The van der Waals surface area contributed by atoms with Gasteiger partial charge in [0.05, 0.1) is 23.1 Å². The highest BCUT2D eigenvalue weighted by molar-refractivity contribution is 5.93. The van der Waals surface area contributed by atoms with Crippen LogP contribution in [-0.4, -0.2) is 15.0 Å². The number of anilines is 1. The number of aryl methyl sites for hydroxylation is 2. The lowest BCUT2D eigenvalue weighted by Gasteiger charge is -2.08. The van der Waals surface area contributed by atoms with Crippen LogP contribution in [0.4, 0.5) is 18.9 Å². The molecule has 0 aliphatic rings. The summed E-state index contributed by atoms with van der Waals surface area (Å²) in [7, 11) is 3.26. The SMILES string of the molecule is Cn1c(=O)n(C)c2cc(CC(=O)Nc3ccc(F)c(F)c3F)ccc21. The van der Waals surface area contributed by atoms with E-state index in [1.54, 1.807) is 32.3 Å². The number of amides is 1. The van der Waals surface area contributed by atoms with Gasteiger partial charge in [-0.05, 0) is 29.8 Å². The van der Waals surface area contributed by atoms with Crippen molar-refractivity contribution in [3.05, 3.63) is 63.8 Å². The van der Waals surface area contributed by atoms with Gasteiger partial charge < -0.3 is 5.32 Å². The second-order valence-electron chi connectivity index (χ2n) is 5.67. The van der Waals surface area contributed by atoms with Crippen LogP contribution in [0.2, 0.25) is 0 Å². The number of nitrogens with zero attached hydrogens (tertiary/aromatic N) is 2. The van der Waals surface area contributed by atoms with Crippen LogP contribution in [0.5, 0.6) is 0 Å². The molecule has 0 atom stereocenters. The molecule has 0 saturated carbocycles. The van der Waals surface area contributed by atoms with Crippen molar-refractivity contribution in [2.75, 3.05) is 5.32 Å². The van der Waals surface area contributed by atoms with E-state index in [1.807, 2.05) is 0 Å². The maximum Gasteiger partial charge on any atom is 0.328 e. The van der Waals surface area contributed by atoms with Gasteiger partial charge in [0, 0.05) is 14.1 Å². The molecule has 0 aliphatic carbocycles. The summed E-state index contributed by atoms with van der Waals surface area (Å²) in [5.74, 6) is -5.01. The maximum atomic E-state index is 13.6. The highest BCUT2D eigenvalue weighted by Gasteiger charge is 2.16. The van der Waals surface area contributed by atoms with Gasteiger partial charge in [-0.3, -0.25) is 13.9 Å². The molecule has 130 valence electrons. The third-order valence-corrected chi connectivity index (χ3v) is 4.01. The zero-order valence-electron chi connectivity index (χ0n) is 13.4. The molecule has 5 nitrogen and oxygen atoms in total. The predicted octanol–water partition coefficient (Wildman–Crippen LogP) is 2.48. The summed E-state index contributed by atoms with van der Waals surface area (Å²) in [6.45, 7) is 0. The van der Waals surface area contributed by atoms with Crippen molar-refractivity contribution < 1.29 is 18.0 Å². The van der Waals surface area contributed by atoms with E-state index in [1.165, 1.54) is 9.13 Å². The molecule has 0 aliphatic heterocycles. The predicted molar refractivity (Wildman–Crippen MR) is 86.8 cm³/mol. The highest BCUT2D eigenvalue weighted by Crippen LogP contribution is 2.20. The van der Waals surface area contributed by atoms with Crippen molar-refractivity contribution >= 4 is 22.6 Å². The van der Waals surface area contributed by atoms with E-state index in [4.69, 9.17) is 0 Å². The van der Waals surface area contributed by atoms with Crippen LogP contribution < -0.4 is 11.0 Å². The highest BCUT2D eigenvalue weighted by atomic mass is 19.2. The summed E-state index contributed by atoms with van der Waals surface area (Å²) in [5, 5.41) is 2.21. The molecule has 1 amide bonds. The molecule has 0 radical (unpaired) electrons. The number of aromatic nitrogens is 2. The van der Waals surface area contributed by atoms with Crippen LogP contribution in [0.15, 0.2) is 35.1 Å². The van der Waals surface area contributed by atoms with E-state index < -0.39 is 29.0 Å². The second-order valence-corrected chi connectivity index (χ2v) is 5.67. The number of nitrogens with one attached hydrogen (secondary N) is 1. The summed E-state index contributed by atoms with van der Waals surface area (Å²) in [6.07, 6.45) is -0.114. The van der Waals surface area contributed by atoms with Gasteiger partial charge in [-0.15, -0.1) is 0 Å². The molecule has 3 aromatic rings. The summed E-state index contributed by atoms with van der Waals surface area (Å²) >= 11 is 0. The molecule has 0 saturated heterocycles. The molecule has 3 rings (SSSR count). The van der Waals surface area contributed by atoms with Gasteiger partial charge in [-0.25, -0.2) is 18.0 Å². The van der Waals surface area contributed by atoms with Crippen molar-refractivity contribution in [1.29, 1.82) is 0 Å². The average molecular weight is 349 g/mol. The number of hydrogen-bond acceptors (Lipinski definition) is 2. The van der Waals surface area contributed by atoms with Crippen molar-refractivity contribution in [2.45, 2.75) is 6.42 Å². The second kappa shape index (κ2) is 6.12. The van der Waals surface area contributed by atoms with Crippen molar-refractivity contribution in [3.8, 4) is 0 Å². The summed E-state index contributed by atoms with van der Waals surface area (Å²) in [6, 6.07) is 6.74. The Labute approximate surface area is 140 Å². The molecule has 0 spiro atoms. The Balaban J connectivity index is 1.84. The summed E-state index contributed by atoms with van der Waals surface area (Å²) < 4.78 is 42.6. The number of fused-ring (bicyclic) bond motifs is 1. The van der Waals surface area contributed by atoms with Crippen molar-refractivity contribution in [3.63, 3.8) is 0 Å². The smallest absolute Gasteiger partial charge is 0.323 e. The minimum absolute atomic E-state index is 0.114. The lowest BCUT2D eigenvalue weighted by atomic mass is 10.1. The first kappa shape index (κ1) is 16.8. The fourth-order valence-electron chi connectivity index (χ4n) is 2.66. The van der Waals surface area contributed by atoms with Gasteiger partial charge >= 0.3 is 5.69 Å².